The molecule has 1 aliphatic rings. The average molecular weight is 209 g/mol. The summed E-state index contributed by atoms with van der Waals surface area (Å²) >= 11 is 0. The average Bonchev–Trinajstić information content (AvgIpc) is 2.59. The summed E-state index contributed by atoms with van der Waals surface area (Å²) in [6, 6.07) is 2.05. The summed E-state index contributed by atoms with van der Waals surface area (Å²) in [6.45, 7) is 0.586. The van der Waals surface area contributed by atoms with Crippen molar-refractivity contribution in [2.45, 2.75) is 50.5 Å². The van der Waals surface area contributed by atoms with Crippen LogP contribution < -0.4 is 11.1 Å². The molecule has 84 valence electrons. The standard InChI is InChI=1S/C11H19N3O/c12-7-3-4-8-14-10(15)9-11(13)5-1-2-6-11/h1-6,8-9,13H2,(H,14,15). The molecule has 1 rings (SSSR count). The van der Waals surface area contributed by atoms with E-state index in [-0.39, 0.29) is 11.4 Å². The van der Waals surface area contributed by atoms with E-state index in [1.54, 1.807) is 0 Å². The highest BCUT2D eigenvalue weighted by molar-refractivity contribution is 5.77. The Morgan fingerprint density at radius 1 is 1.47 bits per heavy atom. The number of hydrogen-bond donors (Lipinski definition) is 2. The summed E-state index contributed by atoms with van der Waals surface area (Å²) in [4.78, 5) is 11.5. The van der Waals surface area contributed by atoms with Crippen LogP contribution in [-0.2, 0) is 4.79 Å². The van der Waals surface area contributed by atoms with Gasteiger partial charge in [-0.2, -0.15) is 5.26 Å². The van der Waals surface area contributed by atoms with Gasteiger partial charge in [-0.3, -0.25) is 4.79 Å². The largest absolute Gasteiger partial charge is 0.356 e. The first-order valence-corrected chi connectivity index (χ1v) is 5.59. The predicted molar refractivity (Wildman–Crippen MR) is 57.9 cm³/mol. The van der Waals surface area contributed by atoms with Crippen molar-refractivity contribution in [3.8, 4) is 6.07 Å². The molecule has 1 aliphatic carbocycles. The van der Waals surface area contributed by atoms with Gasteiger partial charge < -0.3 is 11.1 Å². The van der Waals surface area contributed by atoms with E-state index in [1.165, 1.54) is 0 Å². The van der Waals surface area contributed by atoms with Crippen molar-refractivity contribution in [3.05, 3.63) is 0 Å². The predicted octanol–water partition coefficient (Wildman–Crippen LogP) is 1.07. The Balaban J connectivity index is 2.15. The Hall–Kier alpha value is -1.08. The fraction of sp³-hybridized carbons (Fsp3) is 0.818. The van der Waals surface area contributed by atoms with Gasteiger partial charge in [-0.25, -0.2) is 0 Å². The SMILES string of the molecule is N#CCCCNC(=O)CC1(N)CCCC1. The topological polar surface area (TPSA) is 78.9 Å². The van der Waals surface area contributed by atoms with Gasteiger partial charge >= 0.3 is 0 Å². The molecule has 1 saturated carbocycles. The minimum atomic E-state index is -0.265. The fourth-order valence-corrected chi connectivity index (χ4v) is 2.03. The van der Waals surface area contributed by atoms with Crippen LogP contribution in [0.4, 0.5) is 0 Å². The third kappa shape index (κ3) is 4.30. The Labute approximate surface area is 90.8 Å². The maximum Gasteiger partial charge on any atom is 0.221 e. The second-order valence-electron chi connectivity index (χ2n) is 4.36. The zero-order valence-corrected chi connectivity index (χ0v) is 9.09. The van der Waals surface area contributed by atoms with Gasteiger partial charge in [0.25, 0.3) is 0 Å². The molecule has 0 aliphatic heterocycles. The lowest BCUT2D eigenvalue weighted by Gasteiger charge is -2.22. The van der Waals surface area contributed by atoms with Gasteiger partial charge in [0.05, 0.1) is 6.07 Å². The number of carbonyl (C=O) groups is 1. The van der Waals surface area contributed by atoms with Crippen LogP contribution in [0, 0.1) is 11.3 Å². The first-order valence-electron chi connectivity index (χ1n) is 5.59. The van der Waals surface area contributed by atoms with Crippen molar-refractivity contribution < 1.29 is 4.79 Å². The van der Waals surface area contributed by atoms with E-state index in [1.807, 2.05) is 6.07 Å². The quantitative estimate of drug-likeness (QED) is 0.665. The van der Waals surface area contributed by atoms with Gasteiger partial charge in [0.15, 0.2) is 0 Å². The molecule has 4 nitrogen and oxygen atoms in total. The maximum atomic E-state index is 11.5. The molecule has 4 heteroatoms. The molecule has 0 atom stereocenters. The molecule has 0 aromatic rings. The molecule has 3 N–H and O–H groups in total. The molecule has 0 heterocycles. The molecule has 0 saturated heterocycles. The summed E-state index contributed by atoms with van der Waals surface area (Å²) in [5.41, 5.74) is 5.81. The van der Waals surface area contributed by atoms with Gasteiger partial charge in [0.1, 0.15) is 0 Å². The molecule has 1 fully saturated rings. The highest BCUT2D eigenvalue weighted by Crippen LogP contribution is 2.29. The van der Waals surface area contributed by atoms with E-state index in [2.05, 4.69) is 5.32 Å². The van der Waals surface area contributed by atoms with Crippen LogP contribution in [-0.4, -0.2) is 18.0 Å². The lowest BCUT2D eigenvalue weighted by atomic mass is 9.94. The smallest absolute Gasteiger partial charge is 0.221 e. The molecule has 0 unspecified atom stereocenters. The van der Waals surface area contributed by atoms with Gasteiger partial charge in [0, 0.05) is 24.9 Å². The molecule has 1 amide bonds. The van der Waals surface area contributed by atoms with Crippen LogP contribution in [0.5, 0.6) is 0 Å². The summed E-state index contributed by atoms with van der Waals surface area (Å²) in [7, 11) is 0. The van der Waals surface area contributed by atoms with E-state index in [9.17, 15) is 4.79 Å². The monoisotopic (exact) mass is 209 g/mol. The third-order valence-corrected chi connectivity index (χ3v) is 2.90. The number of nitrogens with zero attached hydrogens (tertiary/aromatic N) is 1. The lowest BCUT2D eigenvalue weighted by molar-refractivity contribution is -0.122. The van der Waals surface area contributed by atoms with Crippen LogP contribution in [0.25, 0.3) is 0 Å². The van der Waals surface area contributed by atoms with Gasteiger partial charge in [0.2, 0.25) is 5.91 Å². The molecule has 0 bridgehead atoms. The van der Waals surface area contributed by atoms with Crippen molar-refractivity contribution in [1.82, 2.24) is 5.32 Å². The second kappa shape index (κ2) is 5.72. The number of nitriles is 1. The van der Waals surface area contributed by atoms with Crippen molar-refractivity contribution in [3.63, 3.8) is 0 Å². The van der Waals surface area contributed by atoms with Crippen molar-refractivity contribution >= 4 is 5.91 Å². The molecule has 0 radical (unpaired) electrons. The second-order valence-corrected chi connectivity index (χ2v) is 4.36. The molecule has 0 aromatic carbocycles. The van der Waals surface area contributed by atoms with Crippen molar-refractivity contribution in [2.24, 2.45) is 5.73 Å². The molecule has 0 spiro atoms. The zero-order chi connectivity index (χ0) is 11.1. The molecular formula is C11H19N3O. The van der Waals surface area contributed by atoms with Crippen LogP contribution >= 0.6 is 0 Å². The Bertz CT molecular complexity index is 251. The zero-order valence-electron chi connectivity index (χ0n) is 9.09. The highest BCUT2D eigenvalue weighted by atomic mass is 16.1. The van der Waals surface area contributed by atoms with Crippen LogP contribution in [0.2, 0.25) is 0 Å². The number of unbranched alkanes of at least 4 members (excludes halogenated alkanes) is 1. The molecule has 15 heavy (non-hydrogen) atoms. The third-order valence-electron chi connectivity index (χ3n) is 2.90. The van der Waals surface area contributed by atoms with Gasteiger partial charge in [-0.05, 0) is 19.3 Å². The number of carbonyl (C=O) groups excluding carboxylic acids is 1. The first-order chi connectivity index (χ1) is 7.16. The maximum absolute atomic E-state index is 11.5. The Kier molecular flexibility index (Phi) is 4.57. The lowest BCUT2D eigenvalue weighted by Crippen LogP contribution is -2.42. The number of hydrogen-bond acceptors (Lipinski definition) is 3. The van der Waals surface area contributed by atoms with E-state index in [0.29, 0.717) is 19.4 Å². The van der Waals surface area contributed by atoms with Crippen molar-refractivity contribution in [2.75, 3.05) is 6.54 Å². The highest BCUT2D eigenvalue weighted by Gasteiger charge is 2.31. The first kappa shape index (κ1) is 12.0. The number of nitrogens with two attached hydrogens (primary N) is 1. The Morgan fingerprint density at radius 2 is 2.13 bits per heavy atom. The van der Waals surface area contributed by atoms with E-state index < -0.39 is 0 Å². The Morgan fingerprint density at radius 3 is 2.73 bits per heavy atom. The fourth-order valence-electron chi connectivity index (χ4n) is 2.03. The van der Waals surface area contributed by atoms with Gasteiger partial charge in [-0.15, -0.1) is 0 Å². The summed E-state index contributed by atoms with van der Waals surface area (Å²) < 4.78 is 0. The number of rotatable bonds is 5. The summed E-state index contributed by atoms with van der Waals surface area (Å²) in [5.74, 6) is 0.0253. The molecule has 0 aromatic heterocycles. The minimum absolute atomic E-state index is 0.0253. The summed E-state index contributed by atoms with van der Waals surface area (Å²) in [5, 5.41) is 11.1. The normalized spacial score (nSPS) is 18.4. The van der Waals surface area contributed by atoms with E-state index in [4.69, 9.17) is 11.0 Å². The van der Waals surface area contributed by atoms with Gasteiger partial charge in [-0.1, -0.05) is 12.8 Å². The number of amides is 1. The molecular weight excluding hydrogens is 190 g/mol. The van der Waals surface area contributed by atoms with Crippen molar-refractivity contribution in [1.29, 1.82) is 5.26 Å². The number of nitrogens with one attached hydrogen (secondary N) is 1. The van der Waals surface area contributed by atoms with Crippen LogP contribution in [0.3, 0.4) is 0 Å². The minimum Gasteiger partial charge on any atom is -0.356 e. The van der Waals surface area contributed by atoms with E-state index in [0.717, 1.165) is 32.1 Å². The van der Waals surface area contributed by atoms with Crippen LogP contribution in [0.1, 0.15) is 44.9 Å². The summed E-state index contributed by atoms with van der Waals surface area (Å²) in [6.07, 6.45) is 5.83. The van der Waals surface area contributed by atoms with E-state index >= 15 is 0 Å². The van der Waals surface area contributed by atoms with Crippen LogP contribution in [0.15, 0.2) is 0 Å².